The Kier molecular flexibility index (Phi) is 11.7. The fourth-order valence-electron chi connectivity index (χ4n) is 4.62. The molecule has 2 aromatic carbocycles. The van der Waals surface area contributed by atoms with E-state index in [0.717, 1.165) is 4.57 Å². The lowest BCUT2D eigenvalue weighted by molar-refractivity contribution is -0.210. The average molecular weight is 660 g/mol. The number of anilines is 1. The third-order valence-corrected chi connectivity index (χ3v) is 12.7. The summed E-state index contributed by atoms with van der Waals surface area (Å²) in [6.45, 7) is 11.6. The summed E-state index contributed by atoms with van der Waals surface area (Å²) in [7, 11) is -1.37. The molecule has 1 heterocycles. The maximum absolute atomic E-state index is 14.5. The maximum atomic E-state index is 14.5. The first-order chi connectivity index (χ1) is 21.3. The van der Waals surface area contributed by atoms with E-state index in [2.05, 4.69) is 10.6 Å². The maximum Gasteiger partial charge on any atom is 0.415 e. The highest BCUT2D eigenvalue weighted by Gasteiger charge is 2.52. The highest BCUT2D eigenvalue weighted by atomic mass is 28.4. The second-order valence-corrected chi connectivity index (χ2v) is 17.9. The molecule has 2 N–H and O–H groups in total. The Morgan fingerprint density at radius 3 is 2.04 bits per heavy atom. The van der Waals surface area contributed by atoms with E-state index >= 15 is 0 Å². The Morgan fingerprint density at radius 1 is 0.913 bits per heavy atom. The molecule has 3 rings (SSSR count). The number of ether oxygens (including phenoxy) is 1. The van der Waals surface area contributed by atoms with Crippen LogP contribution in [0.4, 0.5) is 18.9 Å². The Bertz CT molecular complexity index is 1550. The van der Waals surface area contributed by atoms with Gasteiger partial charge in [-0.2, -0.15) is 13.2 Å². The van der Waals surface area contributed by atoms with Crippen LogP contribution in [-0.2, 0) is 27.0 Å². The van der Waals surface area contributed by atoms with Gasteiger partial charge < -0.3 is 19.8 Å². The molecule has 0 aliphatic heterocycles. The van der Waals surface area contributed by atoms with Crippen LogP contribution in [0, 0.1) is 5.92 Å². The van der Waals surface area contributed by atoms with Gasteiger partial charge in [0.1, 0.15) is 18.0 Å². The predicted octanol–water partition coefficient (Wildman–Crippen LogP) is 6.80. The summed E-state index contributed by atoms with van der Waals surface area (Å²) in [4.78, 5) is 40.1. The van der Waals surface area contributed by atoms with Gasteiger partial charge in [-0.05, 0) is 59.4 Å². The number of carbonyl (C=O) groups excluding carboxylic acids is 2. The van der Waals surface area contributed by atoms with Gasteiger partial charge in [0.25, 0.3) is 5.56 Å². The van der Waals surface area contributed by atoms with Gasteiger partial charge in [-0.1, -0.05) is 77.1 Å². The van der Waals surface area contributed by atoms with E-state index in [0.29, 0.717) is 22.6 Å². The Hall–Kier alpha value is -3.90. The number of nitrogens with zero attached hydrogens (tertiary/aromatic N) is 1. The second-order valence-electron chi connectivity index (χ2n) is 13.1. The van der Waals surface area contributed by atoms with Crippen LogP contribution in [0.3, 0.4) is 0 Å². The molecule has 3 aromatic rings. The fraction of sp³-hybridized carbons (Fsp3) is 0.441. The van der Waals surface area contributed by atoms with Crippen molar-refractivity contribution in [2.24, 2.45) is 5.92 Å². The van der Waals surface area contributed by atoms with Crippen molar-refractivity contribution in [1.29, 1.82) is 0 Å². The molecule has 1 aromatic heterocycles. The monoisotopic (exact) mass is 659 g/mol. The van der Waals surface area contributed by atoms with Crippen molar-refractivity contribution in [2.45, 2.75) is 84.0 Å². The van der Waals surface area contributed by atoms with Crippen LogP contribution in [0.5, 0.6) is 5.75 Å². The summed E-state index contributed by atoms with van der Waals surface area (Å²) in [5, 5.41) is 4.65. The Balaban J connectivity index is 1.94. The lowest BCUT2D eigenvalue weighted by Gasteiger charge is -2.42. The van der Waals surface area contributed by atoms with Crippen LogP contribution in [0.2, 0.25) is 18.1 Å². The number of hydrogen-bond acceptors (Lipinski definition) is 5. The molecule has 0 radical (unpaired) electrons. The summed E-state index contributed by atoms with van der Waals surface area (Å²) in [5.41, 5.74) is 0.919. The molecule has 12 heteroatoms. The van der Waals surface area contributed by atoms with E-state index < -0.39 is 61.5 Å². The number of nitrogens with one attached hydrogen (secondary N) is 2. The summed E-state index contributed by atoms with van der Waals surface area (Å²) in [6.07, 6.45) is -7.02. The molecule has 0 aliphatic rings. The zero-order valence-electron chi connectivity index (χ0n) is 27.6. The van der Waals surface area contributed by atoms with Crippen molar-refractivity contribution < 1.29 is 31.9 Å². The van der Waals surface area contributed by atoms with Crippen LogP contribution in [-0.4, -0.2) is 50.1 Å². The third kappa shape index (κ3) is 9.32. The topological polar surface area (TPSA) is 98.7 Å². The summed E-state index contributed by atoms with van der Waals surface area (Å²) in [6, 6.07) is 17.3. The number of hydrogen-bond donors (Lipinski definition) is 2. The first kappa shape index (κ1) is 36.6. The molecule has 0 spiro atoms. The number of amides is 2. The van der Waals surface area contributed by atoms with E-state index in [9.17, 15) is 27.6 Å². The van der Waals surface area contributed by atoms with Gasteiger partial charge in [-0.3, -0.25) is 19.0 Å². The molecule has 0 aliphatic carbocycles. The van der Waals surface area contributed by atoms with Crippen molar-refractivity contribution in [3.63, 3.8) is 0 Å². The molecular weight excluding hydrogens is 615 g/mol. The van der Waals surface area contributed by atoms with Crippen LogP contribution in [0.25, 0.3) is 11.3 Å². The molecule has 0 fully saturated rings. The minimum Gasteiger partial charge on any atom is -0.497 e. The smallest absolute Gasteiger partial charge is 0.415 e. The quantitative estimate of drug-likeness (QED) is 0.209. The lowest BCUT2D eigenvalue weighted by atomic mass is 9.98. The standard InChI is InChI=1S/C34H44F3N3O5Si/c1-22(2)30(31(34(35,36)37)45-46(7,8)33(3,4)5)39-29(42)21-40-27(24-12-10-9-11-13-24)19-18-26(32(40)43)38-28(41)20-23-14-16-25(44-6)17-15-23/h9-19,22,30-31H,20-21H2,1-8H3,(H,38,41)(H,39,42). The summed E-state index contributed by atoms with van der Waals surface area (Å²) >= 11 is 0. The lowest BCUT2D eigenvalue weighted by Crippen LogP contribution is -2.59. The van der Waals surface area contributed by atoms with Gasteiger partial charge >= 0.3 is 6.18 Å². The van der Waals surface area contributed by atoms with Crippen molar-refractivity contribution >= 4 is 25.8 Å². The molecule has 2 atom stereocenters. The highest BCUT2D eigenvalue weighted by molar-refractivity contribution is 6.74. The van der Waals surface area contributed by atoms with E-state index in [-0.39, 0.29) is 12.1 Å². The molecule has 8 nitrogen and oxygen atoms in total. The zero-order valence-corrected chi connectivity index (χ0v) is 28.6. The minimum absolute atomic E-state index is 0.0204. The average Bonchev–Trinajstić information content (AvgIpc) is 2.96. The number of rotatable bonds is 12. The SMILES string of the molecule is COc1ccc(CC(=O)Nc2ccc(-c3ccccc3)n(CC(=O)NC(C(C)C)C(O[Si](C)(C)C(C)(C)C)C(F)(F)F)c2=O)cc1. The molecule has 2 unspecified atom stereocenters. The number of halogens is 3. The summed E-state index contributed by atoms with van der Waals surface area (Å²) < 4.78 is 55.6. The minimum atomic E-state index is -4.75. The fourth-order valence-corrected chi connectivity index (χ4v) is 5.89. The van der Waals surface area contributed by atoms with Crippen molar-refractivity contribution in [1.82, 2.24) is 9.88 Å². The molecule has 46 heavy (non-hydrogen) atoms. The Morgan fingerprint density at radius 2 is 1.52 bits per heavy atom. The molecule has 2 amide bonds. The highest BCUT2D eigenvalue weighted by Crippen LogP contribution is 2.41. The van der Waals surface area contributed by atoms with Gasteiger partial charge in [0.15, 0.2) is 14.4 Å². The van der Waals surface area contributed by atoms with Crippen LogP contribution < -0.4 is 20.9 Å². The van der Waals surface area contributed by atoms with Crippen LogP contribution in [0.1, 0.15) is 40.2 Å². The van der Waals surface area contributed by atoms with E-state index in [1.807, 2.05) is 20.8 Å². The second kappa shape index (κ2) is 14.7. The zero-order chi connectivity index (χ0) is 34.4. The molecule has 0 bridgehead atoms. The number of alkyl halides is 3. The summed E-state index contributed by atoms with van der Waals surface area (Å²) in [5.74, 6) is -1.27. The van der Waals surface area contributed by atoms with Crippen LogP contribution in [0.15, 0.2) is 71.5 Å². The van der Waals surface area contributed by atoms with E-state index in [1.165, 1.54) is 13.2 Å². The van der Waals surface area contributed by atoms with E-state index in [4.69, 9.17) is 9.16 Å². The molecular formula is C34H44F3N3O5Si. The number of pyridine rings is 1. The number of carbonyl (C=O) groups is 2. The van der Waals surface area contributed by atoms with E-state index in [1.54, 1.807) is 87.6 Å². The van der Waals surface area contributed by atoms with Crippen molar-refractivity contribution in [2.75, 3.05) is 12.4 Å². The first-order valence-corrected chi connectivity index (χ1v) is 18.0. The van der Waals surface area contributed by atoms with Crippen LogP contribution >= 0.6 is 0 Å². The van der Waals surface area contributed by atoms with Gasteiger partial charge in [-0.25, -0.2) is 0 Å². The first-order valence-electron chi connectivity index (χ1n) is 15.1. The largest absolute Gasteiger partial charge is 0.497 e. The number of benzene rings is 2. The van der Waals surface area contributed by atoms with Gasteiger partial charge in [0, 0.05) is 0 Å². The molecule has 0 saturated carbocycles. The number of methoxy groups -OCH3 is 1. The molecule has 0 saturated heterocycles. The van der Waals surface area contributed by atoms with Crippen molar-refractivity contribution in [3.05, 3.63) is 82.6 Å². The van der Waals surface area contributed by atoms with Crippen molar-refractivity contribution in [3.8, 4) is 17.0 Å². The number of aromatic nitrogens is 1. The molecule has 250 valence electrons. The Labute approximate surface area is 269 Å². The van der Waals surface area contributed by atoms with Gasteiger partial charge in [0.05, 0.1) is 25.3 Å². The normalized spacial score (nSPS) is 13.7. The third-order valence-electron chi connectivity index (χ3n) is 8.27. The van der Waals surface area contributed by atoms with Gasteiger partial charge in [-0.15, -0.1) is 0 Å². The van der Waals surface area contributed by atoms with Gasteiger partial charge in [0.2, 0.25) is 11.8 Å². The predicted molar refractivity (Wildman–Crippen MR) is 176 cm³/mol.